The summed E-state index contributed by atoms with van der Waals surface area (Å²) in [7, 11) is 0. The minimum absolute atomic E-state index is 0.105. The van der Waals surface area contributed by atoms with Crippen LogP contribution < -0.4 is 4.90 Å². The van der Waals surface area contributed by atoms with E-state index in [-0.39, 0.29) is 6.61 Å². The molecule has 0 aliphatic heterocycles. The molecule has 88 valence electrons. The van der Waals surface area contributed by atoms with Gasteiger partial charge in [-0.25, -0.2) is 0 Å². The second-order valence-electron chi connectivity index (χ2n) is 3.52. The van der Waals surface area contributed by atoms with Gasteiger partial charge in [0.15, 0.2) is 0 Å². The zero-order valence-corrected chi connectivity index (χ0v) is 10.1. The molecule has 1 aromatic rings. The predicted octanol–water partition coefficient (Wildman–Crippen LogP) is 1.94. The van der Waals surface area contributed by atoms with Crippen molar-refractivity contribution in [1.29, 1.82) is 0 Å². The molecule has 0 saturated heterocycles. The Hall–Kier alpha value is -1.35. The van der Waals surface area contributed by atoms with Crippen LogP contribution in [0.5, 0.6) is 0 Å². The Morgan fingerprint density at radius 2 is 1.81 bits per heavy atom. The second-order valence-corrected chi connectivity index (χ2v) is 3.52. The van der Waals surface area contributed by atoms with Gasteiger partial charge in [0.2, 0.25) is 0 Å². The van der Waals surface area contributed by atoms with Crippen LogP contribution in [0.2, 0.25) is 0 Å². The van der Waals surface area contributed by atoms with Gasteiger partial charge in [-0.2, -0.15) is 0 Å². The third-order valence-electron chi connectivity index (χ3n) is 2.49. The van der Waals surface area contributed by atoms with Crippen molar-refractivity contribution < 1.29 is 5.11 Å². The maximum Gasteiger partial charge on any atom is 0.0626 e. The summed E-state index contributed by atoms with van der Waals surface area (Å²) in [5.74, 6) is 0. The van der Waals surface area contributed by atoms with Crippen molar-refractivity contribution in [2.45, 2.75) is 13.8 Å². The standard InChI is InChI=1S/C13H20N2O/c1-3-15(4-2)13-7-5-12(6-8-13)11-14-9-10-16/h5-8,11,16H,3-4,9-10H2,1-2H3/b14-11+. The first kappa shape index (κ1) is 12.7. The third-order valence-corrected chi connectivity index (χ3v) is 2.49. The lowest BCUT2D eigenvalue weighted by molar-refractivity contribution is 0.307. The molecular formula is C13H20N2O. The lowest BCUT2D eigenvalue weighted by Crippen LogP contribution is -2.21. The first-order valence-electron chi connectivity index (χ1n) is 5.77. The lowest BCUT2D eigenvalue weighted by atomic mass is 10.2. The summed E-state index contributed by atoms with van der Waals surface area (Å²) < 4.78 is 0. The monoisotopic (exact) mass is 220 g/mol. The lowest BCUT2D eigenvalue weighted by Gasteiger charge is -2.20. The quantitative estimate of drug-likeness (QED) is 0.744. The molecule has 0 bridgehead atoms. The van der Waals surface area contributed by atoms with E-state index < -0.39 is 0 Å². The minimum atomic E-state index is 0.105. The Morgan fingerprint density at radius 1 is 1.19 bits per heavy atom. The van der Waals surface area contributed by atoms with Crippen LogP contribution in [0, 0.1) is 0 Å². The molecule has 1 rings (SSSR count). The highest BCUT2D eigenvalue weighted by Crippen LogP contribution is 2.13. The van der Waals surface area contributed by atoms with E-state index in [1.807, 2.05) is 0 Å². The average molecular weight is 220 g/mol. The predicted molar refractivity (Wildman–Crippen MR) is 69.5 cm³/mol. The van der Waals surface area contributed by atoms with E-state index >= 15 is 0 Å². The molecule has 0 aliphatic carbocycles. The number of hydrogen-bond acceptors (Lipinski definition) is 3. The maximum absolute atomic E-state index is 8.60. The molecule has 0 spiro atoms. The number of rotatable bonds is 6. The molecule has 0 saturated carbocycles. The topological polar surface area (TPSA) is 35.8 Å². The molecule has 0 fully saturated rings. The van der Waals surface area contributed by atoms with Crippen molar-refractivity contribution in [1.82, 2.24) is 0 Å². The number of aliphatic imine (C=N–C) groups is 1. The summed E-state index contributed by atoms with van der Waals surface area (Å²) in [5, 5.41) is 8.60. The van der Waals surface area contributed by atoms with Crippen molar-refractivity contribution in [2.75, 3.05) is 31.1 Å². The largest absolute Gasteiger partial charge is 0.394 e. The molecule has 0 atom stereocenters. The molecule has 16 heavy (non-hydrogen) atoms. The van der Waals surface area contributed by atoms with Gasteiger partial charge in [0.1, 0.15) is 0 Å². The maximum atomic E-state index is 8.60. The number of hydrogen-bond donors (Lipinski definition) is 1. The molecule has 0 aromatic heterocycles. The van der Waals surface area contributed by atoms with Crippen LogP contribution >= 0.6 is 0 Å². The highest BCUT2D eigenvalue weighted by molar-refractivity contribution is 5.80. The Morgan fingerprint density at radius 3 is 2.31 bits per heavy atom. The fraction of sp³-hybridized carbons (Fsp3) is 0.462. The van der Waals surface area contributed by atoms with Crippen LogP contribution in [0.25, 0.3) is 0 Å². The molecule has 0 radical (unpaired) electrons. The first-order valence-corrected chi connectivity index (χ1v) is 5.77. The average Bonchev–Trinajstić information content (AvgIpc) is 2.33. The van der Waals surface area contributed by atoms with Crippen LogP contribution in [0.1, 0.15) is 19.4 Å². The van der Waals surface area contributed by atoms with Gasteiger partial charge < -0.3 is 10.0 Å². The normalized spacial score (nSPS) is 10.9. The Bertz CT molecular complexity index is 315. The molecule has 1 aromatic carbocycles. The van der Waals surface area contributed by atoms with Crippen molar-refractivity contribution in [3.05, 3.63) is 29.8 Å². The van der Waals surface area contributed by atoms with Gasteiger partial charge in [0.25, 0.3) is 0 Å². The van der Waals surface area contributed by atoms with Crippen LogP contribution in [0.15, 0.2) is 29.3 Å². The van der Waals surface area contributed by atoms with Crippen molar-refractivity contribution in [3.63, 3.8) is 0 Å². The summed E-state index contributed by atoms with van der Waals surface area (Å²) in [4.78, 5) is 6.39. The summed E-state index contributed by atoms with van der Waals surface area (Å²) in [6, 6.07) is 8.31. The van der Waals surface area contributed by atoms with Crippen molar-refractivity contribution >= 4 is 11.9 Å². The van der Waals surface area contributed by atoms with E-state index in [9.17, 15) is 0 Å². The molecule has 3 heteroatoms. The molecular weight excluding hydrogens is 200 g/mol. The number of anilines is 1. The van der Waals surface area contributed by atoms with E-state index in [1.165, 1.54) is 5.69 Å². The zero-order valence-electron chi connectivity index (χ0n) is 10.1. The molecule has 0 aliphatic rings. The Balaban J connectivity index is 2.67. The van der Waals surface area contributed by atoms with Crippen LogP contribution in [-0.2, 0) is 0 Å². The number of benzene rings is 1. The van der Waals surface area contributed by atoms with E-state index in [2.05, 4.69) is 48.0 Å². The van der Waals surface area contributed by atoms with Gasteiger partial charge in [-0.15, -0.1) is 0 Å². The van der Waals surface area contributed by atoms with E-state index in [1.54, 1.807) is 6.21 Å². The van der Waals surface area contributed by atoms with Gasteiger partial charge in [-0.1, -0.05) is 12.1 Å². The van der Waals surface area contributed by atoms with Crippen LogP contribution in [0.3, 0.4) is 0 Å². The zero-order chi connectivity index (χ0) is 11.8. The summed E-state index contributed by atoms with van der Waals surface area (Å²) >= 11 is 0. The van der Waals surface area contributed by atoms with Crippen molar-refractivity contribution in [2.24, 2.45) is 4.99 Å². The van der Waals surface area contributed by atoms with Gasteiger partial charge in [-0.05, 0) is 31.5 Å². The smallest absolute Gasteiger partial charge is 0.0626 e. The minimum Gasteiger partial charge on any atom is -0.394 e. The van der Waals surface area contributed by atoms with Crippen molar-refractivity contribution in [3.8, 4) is 0 Å². The Labute approximate surface area is 97.4 Å². The summed E-state index contributed by atoms with van der Waals surface area (Å²) in [6.45, 7) is 6.93. The number of aliphatic hydroxyl groups excluding tert-OH is 1. The fourth-order valence-electron chi connectivity index (χ4n) is 1.59. The van der Waals surface area contributed by atoms with Crippen LogP contribution in [0.4, 0.5) is 5.69 Å². The van der Waals surface area contributed by atoms with E-state index in [4.69, 9.17) is 5.11 Å². The third kappa shape index (κ3) is 3.66. The van der Waals surface area contributed by atoms with E-state index in [0.717, 1.165) is 18.7 Å². The van der Waals surface area contributed by atoms with Gasteiger partial charge in [-0.3, -0.25) is 4.99 Å². The highest BCUT2D eigenvalue weighted by Gasteiger charge is 1.99. The molecule has 0 amide bonds. The highest BCUT2D eigenvalue weighted by atomic mass is 16.3. The molecule has 3 nitrogen and oxygen atoms in total. The second kappa shape index (κ2) is 7.01. The van der Waals surface area contributed by atoms with Crippen LogP contribution in [-0.4, -0.2) is 37.6 Å². The van der Waals surface area contributed by atoms with Gasteiger partial charge in [0.05, 0.1) is 13.2 Å². The fourth-order valence-corrected chi connectivity index (χ4v) is 1.59. The first-order chi connectivity index (χ1) is 7.81. The Kier molecular flexibility index (Phi) is 5.57. The molecule has 1 N–H and O–H groups in total. The number of nitrogens with zero attached hydrogens (tertiary/aromatic N) is 2. The summed E-state index contributed by atoms with van der Waals surface area (Å²) in [6.07, 6.45) is 1.79. The van der Waals surface area contributed by atoms with E-state index in [0.29, 0.717) is 6.54 Å². The van der Waals surface area contributed by atoms with Gasteiger partial charge in [0, 0.05) is 25.0 Å². The number of aliphatic hydroxyl groups is 1. The SMILES string of the molecule is CCN(CC)c1ccc(/C=N/CCO)cc1. The molecule has 0 unspecified atom stereocenters. The van der Waals surface area contributed by atoms with Gasteiger partial charge >= 0.3 is 0 Å². The molecule has 0 heterocycles. The summed E-state index contributed by atoms with van der Waals surface area (Å²) in [5.41, 5.74) is 2.31.